The van der Waals surface area contributed by atoms with Gasteiger partial charge in [0.15, 0.2) is 0 Å². The summed E-state index contributed by atoms with van der Waals surface area (Å²) in [6.07, 6.45) is 5.33. The third-order valence-electron chi connectivity index (χ3n) is 3.80. The third kappa shape index (κ3) is 4.12. The van der Waals surface area contributed by atoms with E-state index in [1.54, 1.807) is 0 Å². The molecule has 1 saturated heterocycles. The Kier molecular flexibility index (Phi) is 5.62. The summed E-state index contributed by atoms with van der Waals surface area (Å²) >= 11 is 0. The smallest absolute Gasteiger partial charge is 0.0120 e. The van der Waals surface area contributed by atoms with Gasteiger partial charge >= 0.3 is 0 Å². The SMILES string of the molecule is CCCCCN[C@@H]1C[C@@H](C)N(C)C[C@@H]1C. The van der Waals surface area contributed by atoms with E-state index in [4.69, 9.17) is 0 Å². The highest BCUT2D eigenvalue weighted by atomic mass is 15.2. The van der Waals surface area contributed by atoms with Gasteiger partial charge in [-0.25, -0.2) is 0 Å². The van der Waals surface area contributed by atoms with E-state index >= 15 is 0 Å². The lowest BCUT2D eigenvalue weighted by Gasteiger charge is -2.40. The molecule has 0 amide bonds. The fourth-order valence-electron chi connectivity index (χ4n) is 2.49. The van der Waals surface area contributed by atoms with Gasteiger partial charge in [-0.2, -0.15) is 0 Å². The topological polar surface area (TPSA) is 15.3 Å². The van der Waals surface area contributed by atoms with Crippen molar-refractivity contribution in [2.45, 2.75) is 58.5 Å². The monoisotopic (exact) mass is 212 g/mol. The van der Waals surface area contributed by atoms with Gasteiger partial charge in [-0.1, -0.05) is 26.7 Å². The number of likely N-dealkylation sites (tertiary alicyclic amines) is 1. The second kappa shape index (κ2) is 6.49. The first kappa shape index (κ1) is 13.0. The molecule has 3 atom stereocenters. The number of unbranched alkanes of at least 4 members (excludes halogenated alkanes) is 2. The normalized spacial score (nSPS) is 33.2. The predicted octanol–water partition coefficient (Wildman–Crippen LogP) is 2.49. The third-order valence-corrected chi connectivity index (χ3v) is 3.80. The fourth-order valence-corrected chi connectivity index (χ4v) is 2.49. The summed E-state index contributed by atoms with van der Waals surface area (Å²) in [7, 11) is 2.24. The second-order valence-corrected chi connectivity index (χ2v) is 5.27. The zero-order valence-corrected chi connectivity index (χ0v) is 10.9. The van der Waals surface area contributed by atoms with Gasteiger partial charge in [0.05, 0.1) is 0 Å². The van der Waals surface area contributed by atoms with E-state index in [1.165, 1.54) is 38.8 Å². The van der Waals surface area contributed by atoms with Crippen LogP contribution in [0.3, 0.4) is 0 Å². The molecule has 1 heterocycles. The molecule has 0 spiro atoms. The number of nitrogens with zero attached hydrogens (tertiary/aromatic N) is 1. The van der Waals surface area contributed by atoms with Gasteiger partial charge in [-0.15, -0.1) is 0 Å². The number of nitrogens with one attached hydrogen (secondary N) is 1. The highest BCUT2D eigenvalue weighted by Gasteiger charge is 2.27. The molecule has 1 aliphatic rings. The summed E-state index contributed by atoms with van der Waals surface area (Å²) in [4.78, 5) is 2.48. The molecule has 0 unspecified atom stereocenters. The largest absolute Gasteiger partial charge is 0.314 e. The highest BCUT2D eigenvalue weighted by molar-refractivity contribution is 4.85. The zero-order valence-electron chi connectivity index (χ0n) is 10.9. The molecular weight excluding hydrogens is 184 g/mol. The van der Waals surface area contributed by atoms with Crippen LogP contribution < -0.4 is 5.32 Å². The Morgan fingerprint density at radius 3 is 2.67 bits per heavy atom. The van der Waals surface area contributed by atoms with E-state index in [1.807, 2.05) is 0 Å². The van der Waals surface area contributed by atoms with Crippen molar-refractivity contribution in [1.82, 2.24) is 10.2 Å². The summed E-state index contributed by atoms with van der Waals surface area (Å²) in [5.41, 5.74) is 0. The molecule has 1 fully saturated rings. The Hall–Kier alpha value is -0.0800. The van der Waals surface area contributed by atoms with Crippen LogP contribution in [-0.4, -0.2) is 37.1 Å². The molecule has 0 bridgehead atoms. The van der Waals surface area contributed by atoms with Crippen molar-refractivity contribution in [3.63, 3.8) is 0 Å². The quantitative estimate of drug-likeness (QED) is 0.704. The number of rotatable bonds is 5. The van der Waals surface area contributed by atoms with Crippen LogP contribution in [0, 0.1) is 5.92 Å². The molecule has 0 aliphatic carbocycles. The van der Waals surface area contributed by atoms with Crippen molar-refractivity contribution in [3.05, 3.63) is 0 Å². The maximum absolute atomic E-state index is 3.73. The Morgan fingerprint density at radius 2 is 2.00 bits per heavy atom. The van der Waals surface area contributed by atoms with Crippen LogP contribution in [-0.2, 0) is 0 Å². The van der Waals surface area contributed by atoms with Crippen LogP contribution in [0.15, 0.2) is 0 Å². The van der Waals surface area contributed by atoms with Crippen LogP contribution >= 0.6 is 0 Å². The summed E-state index contributed by atoms with van der Waals surface area (Å²) < 4.78 is 0. The highest BCUT2D eigenvalue weighted by Crippen LogP contribution is 2.20. The summed E-state index contributed by atoms with van der Waals surface area (Å²) in [5.74, 6) is 0.799. The number of hydrogen-bond acceptors (Lipinski definition) is 2. The van der Waals surface area contributed by atoms with Gasteiger partial charge in [0.2, 0.25) is 0 Å². The maximum atomic E-state index is 3.73. The van der Waals surface area contributed by atoms with E-state index in [-0.39, 0.29) is 0 Å². The molecule has 2 heteroatoms. The Morgan fingerprint density at radius 1 is 1.27 bits per heavy atom. The average molecular weight is 212 g/mol. The van der Waals surface area contributed by atoms with Crippen molar-refractivity contribution in [3.8, 4) is 0 Å². The van der Waals surface area contributed by atoms with Gasteiger partial charge in [-0.3, -0.25) is 0 Å². The number of hydrogen-bond donors (Lipinski definition) is 1. The van der Waals surface area contributed by atoms with Crippen LogP contribution in [0.25, 0.3) is 0 Å². The average Bonchev–Trinajstić information content (AvgIpc) is 2.20. The van der Waals surface area contributed by atoms with Crippen molar-refractivity contribution in [2.75, 3.05) is 20.1 Å². The molecule has 0 aromatic carbocycles. The van der Waals surface area contributed by atoms with Crippen molar-refractivity contribution in [1.29, 1.82) is 0 Å². The molecular formula is C13H28N2. The van der Waals surface area contributed by atoms with Gasteiger partial charge in [-0.05, 0) is 39.3 Å². The van der Waals surface area contributed by atoms with Gasteiger partial charge in [0, 0.05) is 18.6 Å². The van der Waals surface area contributed by atoms with Crippen molar-refractivity contribution < 1.29 is 0 Å². The minimum Gasteiger partial charge on any atom is -0.314 e. The Balaban J connectivity index is 2.22. The van der Waals surface area contributed by atoms with E-state index < -0.39 is 0 Å². The van der Waals surface area contributed by atoms with E-state index in [0.717, 1.165) is 18.0 Å². The van der Waals surface area contributed by atoms with E-state index in [2.05, 4.69) is 38.0 Å². The van der Waals surface area contributed by atoms with Crippen molar-refractivity contribution >= 4 is 0 Å². The van der Waals surface area contributed by atoms with Crippen LogP contribution in [0.1, 0.15) is 46.5 Å². The molecule has 0 aromatic heterocycles. The van der Waals surface area contributed by atoms with E-state index in [0.29, 0.717) is 0 Å². The molecule has 0 saturated carbocycles. The molecule has 0 aromatic rings. The first-order valence-electron chi connectivity index (χ1n) is 6.58. The minimum atomic E-state index is 0.741. The summed E-state index contributed by atoms with van der Waals surface area (Å²) in [5, 5.41) is 3.73. The van der Waals surface area contributed by atoms with Crippen LogP contribution in [0.4, 0.5) is 0 Å². The van der Waals surface area contributed by atoms with Crippen LogP contribution in [0.5, 0.6) is 0 Å². The molecule has 15 heavy (non-hydrogen) atoms. The second-order valence-electron chi connectivity index (χ2n) is 5.27. The van der Waals surface area contributed by atoms with Crippen molar-refractivity contribution in [2.24, 2.45) is 5.92 Å². The Bertz CT molecular complexity index is 170. The maximum Gasteiger partial charge on any atom is 0.0120 e. The number of piperidine rings is 1. The minimum absolute atomic E-state index is 0.741. The lowest BCUT2D eigenvalue weighted by Crippen LogP contribution is -2.51. The lowest BCUT2D eigenvalue weighted by atomic mass is 9.90. The van der Waals surface area contributed by atoms with Gasteiger partial charge in [0.25, 0.3) is 0 Å². The first-order valence-corrected chi connectivity index (χ1v) is 6.58. The summed E-state index contributed by atoms with van der Waals surface area (Å²) in [6.45, 7) is 9.43. The lowest BCUT2D eigenvalue weighted by molar-refractivity contribution is 0.122. The standard InChI is InChI=1S/C13H28N2/c1-5-6-7-8-14-13-9-12(3)15(4)10-11(13)2/h11-14H,5-10H2,1-4H3/t11-,12+,13+/m0/s1. The summed E-state index contributed by atoms with van der Waals surface area (Å²) in [6, 6.07) is 1.48. The predicted molar refractivity (Wildman–Crippen MR) is 67.2 cm³/mol. The Labute approximate surface area is 95.4 Å². The zero-order chi connectivity index (χ0) is 11.3. The van der Waals surface area contributed by atoms with E-state index in [9.17, 15) is 0 Å². The van der Waals surface area contributed by atoms with Gasteiger partial charge in [0.1, 0.15) is 0 Å². The van der Waals surface area contributed by atoms with Gasteiger partial charge < -0.3 is 10.2 Å². The molecule has 1 aliphatic heterocycles. The van der Waals surface area contributed by atoms with Crippen LogP contribution in [0.2, 0.25) is 0 Å². The molecule has 1 N–H and O–H groups in total. The molecule has 90 valence electrons. The molecule has 0 radical (unpaired) electrons. The molecule has 1 rings (SSSR count). The first-order chi connectivity index (χ1) is 7.15. The fraction of sp³-hybridized carbons (Fsp3) is 1.00. The molecule has 2 nitrogen and oxygen atoms in total.